The van der Waals surface area contributed by atoms with E-state index in [4.69, 9.17) is 0 Å². The lowest BCUT2D eigenvalue weighted by Crippen LogP contribution is -2.32. The third kappa shape index (κ3) is 4.24. The Hall–Kier alpha value is -1.92. The van der Waals surface area contributed by atoms with Crippen LogP contribution in [0.2, 0.25) is 0 Å². The Morgan fingerprint density at radius 1 is 1.27 bits per heavy atom. The van der Waals surface area contributed by atoms with E-state index in [2.05, 4.69) is 34.7 Å². The first-order valence-electron chi connectivity index (χ1n) is 9.08. The SMILES string of the molecule is CCN(Cc1ccccc1C)C(=O)c1nnn(C2CCNCC2)c1C.Cl. The van der Waals surface area contributed by atoms with Crippen molar-refractivity contribution in [1.29, 1.82) is 0 Å². The third-order valence-electron chi connectivity index (χ3n) is 5.08. The molecule has 2 heterocycles. The van der Waals surface area contributed by atoms with Crippen LogP contribution in [-0.4, -0.2) is 45.4 Å². The van der Waals surface area contributed by atoms with Crippen molar-refractivity contribution in [2.24, 2.45) is 0 Å². The van der Waals surface area contributed by atoms with Crippen molar-refractivity contribution in [3.8, 4) is 0 Å². The maximum atomic E-state index is 13.0. The Kier molecular flexibility index (Phi) is 7.17. The highest BCUT2D eigenvalue weighted by molar-refractivity contribution is 5.93. The summed E-state index contributed by atoms with van der Waals surface area (Å²) in [4.78, 5) is 14.8. The molecule has 1 aromatic carbocycles. The van der Waals surface area contributed by atoms with Crippen molar-refractivity contribution in [2.75, 3.05) is 19.6 Å². The quantitative estimate of drug-likeness (QED) is 0.870. The first kappa shape index (κ1) is 20.4. The Balaban J connectivity index is 0.00000243. The van der Waals surface area contributed by atoms with E-state index < -0.39 is 0 Å². The van der Waals surface area contributed by atoms with Crippen LogP contribution < -0.4 is 5.32 Å². The van der Waals surface area contributed by atoms with E-state index in [-0.39, 0.29) is 18.3 Å². The van der Waals surface area contributed by atoms with Crippen molar-refractivity contribution in [3.63, 3.8) is 0 Å². The van der Waals surface area contributed by atoms with Gasteiger partial charge < -0.3 is 10.2 Å². The van der Waals surface area contributed by atoms with E-state index in [9.17, 15) is 4.79 Å². The number of hydrogen-bond donors (Lipinski definition) is 1. The van der Waals surface area contributed by atoms with Crippen LogP contribution in [0.5, 0.6) is 0 Å². The van der Waals surface area contributed by atoms with Crippen molar-refractivity contribution < 1.29 is 4.79 Å². The monoisotopic (exact) mass is 377 g/mol. The Labute approximate surface area is 161 Å². The molecule has 7 heteroatoms. The van der Waals surface area contributed by atoms with E-state index in [0.29, 0.717) is 24.8 Å². The number of carbonyl (C=O) groups is 1. The topological polar surface area (TPSA) is 63.1 Å². The number of aromatic nitrogens is 3. The van der Waals surface area contributed by atoms with Crippen LogP contribution in [0.15, 0.2) is 24.3 Å². The van der Waals surface area contributed by atoms with Crippen molar-refractivity contribution in [1.82, 2.24) is 25.2 Å². The average molecular weight is 378 g/mol. The van der Waals surface area contributed by atoms with Crippen molar-refractivity contribution in [2.45, 2.75) is 46.2 Å². The number of carbonyl (C=O) groups excluding carboxylic acids is 1. The smallest absolute Gasteiger partial charge is 0.276 e. The molecule has 0 spiro atoms. The number of amides is 1. The lowest BCUT2D eigenvalue weighted by molar-refractivity contribution is 0.0745. The molecule has 0 atom stereocenters. The fraction of sp³-hybridized carbons (Fsp3) is 0.526. The molecule has 1 aliphatic rings. The lowest BCUT2D eigenvalue weighted by atomic mass is 10.1. The van der Waals surface area contributed by atoms with E-state index in [1.165, 1.54) is 11.1 Å². The molecule has 6 nitrogen and oxygen atoms in total. The molecule has 0 aliphatic carbocycles. The van der Waals surface area contributed by atoms with Gasteiger partial charge in [-0.05, 0) is 57.8 Å². The highest BCUT2D eigenvalue weighted by atomic mass is 35.5. The normalized spacial score (nSPS) is 14.7. The predicted molar refractivity (Wildman–Crippen MR) is 105 cm³/mol. The number of aryl methyl sites for hydroxylation is 1. The second-order valence-electron chi connectivity index (χ2n) is 6.70. The summed E-state index contributed by atoms with van der Waals surface area (Å²) in [5.41, 5.74) is 3.72. The Morgan fingerprint density at radius 2 is 1.96 bits per heavy atom. The minimum absolute atomic E-state index is 0. The standard InChI is InChI=1S/C19H27N5O.ClH/c1-4-23(13-16-8-6-5-7-14(16)2)19(25)18-15(3)24(22-21-18)17-9-11-20-12-10-17;/h5-8,17,20H,4,9-13H2,1-3H3;1H. The Morgan fingerprint density at radius 3 is 2.62 bits per heavy atom. The van der Waals surface area contributed by atoms with E-state index in [0.717, 1.165) is 31.6 Å². The second-order valence-corrected chi connectivity index (χ2v) is 6.70. The molecule has 1 amide bonds. The summed E-state index contributed by atoms with van der Waals surface area (Å²) in [6.45, 7) is 9.25. The minimum Gasteiger partial charge on any atom is -0.333 e. The molecule has 1 aromatic heterocycles. The van der Waals surface area contributed by atoms with Crippen LogP contribution in [-0.2, 0) is 6.54 Å². The van der Waals surface area contributed by atoms with E-state index >= 15 is 0 Å². The molecule has 2 aromatic rings. The first-order chi connectivity index (χ1) is 12.1. The highest BCUT2D eigenvalue weighted by Gasteiger charge is 2.25. The van der Waals surface area contributed by atoms with Gasteiger partial charge in [-0.2, -0.15) is 0 Å². The Bertz CT molecular complexity index is 739. The average Bonchev–Trinajstić information content (AvgIpc) is 3.02. The molecule has 1 aliphatic heterocycles. The number of hydrogen-bond acceptors (Lipinski definition) is 4. The fourth-order valence-electron chi connectivity index (χ4n) is 3.41. The van der Waals surface area contributed by atoms with Crippen LogP contribution in [0.1, 0.15) is 53.1 Å². The van der Waals surface area contributed by atoms with Crippen LogP contribution in [0.3, 0.4) is 0 Å². The van der Waals surface area contributed by atoms with Gasteiger partial charge in [-0.25, -0.2) is 4.68 Å². The first-order valence-corrected chi connectivity index (χ1v) is 9.08. The van der Waals surface area contributed by atoms with Crippen molar-refractivity contribution in [3.05, 3.63) is 46.8 Å². The van der Waals surface area contributed by atoms with Crippen LogP contribution in [0.25, 0.3) is 0 Å². The van der Waals surface area contributed by atoms with Gasteiger partial charge in [0.05, 0.1) is 11.7 Å². The highest BCUT2D eigenvalue weighted by Crippen LogP contribution is 2.21. The molecular formula is C19H28ClN5O. The molecule has 1 fully saturated rings. The number of nitrogens with zero attached hydrogens (tertiary/aromatic N) is 4. The number of rotatable bonds is 5. The number of halogens is 1. The van der Waals surface area contributed by atoms with Gasteiger partial charge in [0.15, 0.2) is 5.69 Å². The van der Waals surface area contributed by atoms with Gasteiger partial charge in [0, 0.05) is 13.1 Å². The molecule has 0 radical (unpaired) electrons. The van der Waals surface area contributed by atoms with Gasteiger partial charge in [-0.1, -0.05) is 29.5 Å². The summed E-state index contributed by atoms with van der Waals surface area (Å²) < 4.78 is 1.94. The van der Waals surface area contributed by atoms with Gasteiger partial charge in [0.25, 0.3) is 5.91 Å². The zero-order chi connectivity index (χ0) is 17.8. The van der Waals surface area contributed by atoms with Gasteiger partial charge in [-0.3, -0.25) is 4.79 Å². The number of piperidine rings is 1. The molecular weight excluding hydrogens is 350 g/mol. The van der Waals surface area contributed by atoms with Crippen LogP contribution in [0, 0.1) is 13.8 Å². The summed E-state index contributed by atoms with van der Waals surface area (Å²) in [7, 11) is 0. The van der Waals surface area contributed by atoms with Crippen LogP contribution in [0.4, 0.5) is 0 Å². The molecule has 26 heavy (non-hydrogen) atoms. The summed E-state index contributed by atoms with van der Waals surface area (Å²) in [6, 6.07) is 8.52. The lowest BCUT2D eigenvalue weighted by Gasteiger charge is -2.24. The largest absolute Gasteiger partial charge is 0.333 e. The van der Waals surface area contributed by atoms with E-state index in [1.807, 2.05) is 35.6 Å². The minimum atomic E-state index is -0.0385. The predicted octanol–water partition coefficient (Wildman–Crippen LogP) is 2.90. The number of nitrogens with one attached hydrogen (secondary N) is 1. The third-order valence-corrected chi connectivity index (χ3v) is 5.08. The summed E-state index contributed by atoms with van der Waals surface area (Å²) in [5, 5.41) is 11.9. The van der Waals surface area contributed by atoms with Gasteiger partial charge in [0.2, 0.25) is 0 Å². The molecule has 142 valence electrons. The molecule has 1 saturated heterocycles. The summed E-state index contributed by atoms with van der Waals surface area (Å²) >= 11 is 0. The van der Waals surface area contributed by atoms with Gasteiger partial charge >= 0.3 is 0 Å². The zero-order valence-electron chi connectivity index (χ0n) is 15.7. The van der Waals surface area contributed by atoms with Gasteiger partial charge in [-0.15, -0.1) is 17.5 Å². The maximum Gasteiger partial charge on any atom is 0.276 e. The number of benzene rings is 1. The van der Waals surface area contributed by atoms with E-state index in [1.54, 1.807) is 0 Å². The maximum absolute atomic E-state index is 13.0. The van der Waals surface area contributed by atoms with Gasteiger partial charge in [0.1, 0.15) is 0 Å². The zero-order valence-corrected chi connectivity index (χ0v) is 16.6. The summed E-state index contributed by atoms with van der Waals surface area (Å²) in [5.74, 6) is -0.0385. The van der Waals surface area contributed by atoms with Crippen molar-refractivity contribution >= 4 is 18.3 Å². The molecule has 1 N–H and O–H groups in total. The molecule has 0 unspecified atom stereocenters. The van der Waals surface area contributed by atoms with Crippen LogP contribution >= 0.6 is 12.4 Å². The summed E-state index contributed by atoms with van der Waals surface area (Å²) in [6.07, 6.45) is 2.05. The molecule has 3 rings (SSSR count). The molecule has 0 saturated carbocycles. The molecule has 0 bridgehead atoms. The second kappa shape index (κ2) is 9.14. The fourth-order valence-corrected chi connectivity index (χ4v) is 3.41.